The van der Waals surface area contributed by atoms with Gasteiger partial charge in [-0.15, -0.1) is 0 Å². The molecule has 148 valence electrons. The van der Waals surface area contributed by atoms with Gasteiger partial charge in [-0.1, -0.05) is 35.6 Å². The largest absolute Gasteiger partial charge is 0.416 e. The van der Waals surface area contributed by atoms with Crippen LogP contribution in [0.5, 0.6) is 0 Å². The molecule has 0 saturated heterocycles. The van der Waals surface area contributed by atoms with Gasteiger partial charge in [0.25, 0.3) is 5.91 Å². The summed E-state index contributed by atoms with van der Waals surface area (Å²) >= 11 is 1.19. The Morgan fingerprint density at radius 1 is 1.10 bits per heavy atom. The molecule has 0 radical (unpaired) electrons. The van der Waals surface area contributed by atoms with E-state index in [1.54, 1.807) is 28.8 Å². The second kappa shape index (κ2) is 7.32. The number of halogens is 4. The number of carbonyl (C=O) groups excluding carboxylic acids is 1. The molecule has 9 heteroatoms. The zero-order valence-electron chi connectivity index (χ0n) is 14.7. The maximum Gasteiger partial charge on any atom is 0.416 e. The summed E-state index contributed by atoms with van der Waals surface area (Å²) in [7, 11) is 0. The van der Waals surface area contributed by atoms with Crippen LogP contribution in [0.4, 0.5) is 17.6 Å². The van der Waals surface area contributed by atoms with E-state index in [0.29, 0.717) is 15.4 Å². The highest BCUT2D eigenvalue weighted by Gasteiger charge is 2.30. The second-order valence-electron chi connectivity index (χ2n) is 6.30. The zero-order chi connectivity index (χ0) is 20.6. The Labute approximate surface area is 166 Å². The molecule has 1 amide bonds. The van der Waals surface area contributed by atoms with Crippen LogP contribution in [-0.2, 0) is 12.7 Å². The SMILES string of the molecule is O=C(NCc1ccc(F)cc1)c1cn2cc(-c3cccc(C(F)(F)F)c3)sc2n1. The molecule has 2 aromatic carbocycles. The van der Waals surface area contributed by atoms with Crippen LogP contribution < -0.4 is 5.32 Å². The molecule has 1 N–H and O–H groups in total. The second-order valence-corrected chi connectivity index (χ2v) is 7.31. The van der Waals surface area contributed by atoms with Gasteiger partial charge in [-0.3, -0.25) is 9.20 Å². The number of hydrogen-bond donors (Lipinski definition) is 1. The van der Waals surface area contributed by atoms with Gasteiger partial charge in [0.1, 0.15) is 11.5 Å². The third-order valence-electron chi connectivity index (χ3n) is 4.23. The molecule has 0 unspecified atom stereocenters. The topological polar surface area (TPSA) is 46.4 Å². The van der Waals surface area contributed by atoms with Crippen molar-refractivity contribution in [3.05, 3.63) is 83.6 Å². The predicted octanol–water partition coefficient (Wildman–Crippen LogP) is 5.15. The number of nitrogens with one attached hydrogen (secondary N) is 1. The maximum absolute atomic E-state index is 12.9. The van der Waals surface area contributed by atoms with E-state index < -0.39 is 17.6 Å². The number of thiazole rings is 1. The van der Waals surface area contributed by atoms with Crippen molar-refractivity contribution in [2.75, 3.05) is 0 Å². The molecule has 4 rings (SSSR count). The predicted molar refractivity (Wildman–Crippen MR) is 101 cm³/mol. The Kier molecular flexibility index (Phi) is 4.83. The lowest BCUT2D eigenvalue weighted by atomic mass is 10.1. The fraction of sp³-hybridized carbons (Fsp3) is 0.100. The number of alkyl halides is 3. The molecule has 0 saturated carbocycles. The van der Waals surface area contributed by atoms with E-state index in [9.17, 15) is 22.4 Å². The van der Waals surface area contributed by atoms with Gasteiger partial charge in [-0.05, 0) is 35.4 Å². The Morgan fingerprint density at radius 3 is 2.55 bits per heavy atom. The third kappa shape index (κ3) is 4.14. The number of rotatable bonds is 4. The minimum Gasteiger partial charge on any atom is -0.347 e. The van der Waals surface area contributed by atoms with Crippen molar-refractivity contribution < 1.29 is 22.4 Å². The monoisotopic (exact) mass is 419 g/mol. The van der Waals surface area contributed by atoms with Crippen LogP contribution in [0.2, 0.25) is 0 Å². The van der Waals surface area contributed by atoms with Gasteiger partial charge < -0.3 is 5.32 Å². The third-order valence-corrected chi connectivity index (χ3v) is 5.28. The molecule has 4 nitrogen and oxygen atoms in total. The van der Waals surface area contributed by atoms with Crippen molar-refractivity contribution in [2.24, 2.45) is 0 Å². The minimum absolute atomic E-state index is 0.189. The Hall–Kier alpha value is -3.20. The number of carbonyl (C=O) groups is 1. The Morgan fingerprint density at radius 2 is 1.86 bits per heavy atom. The molecule has 0 atom stereocenters. The van der Waals surface area contributed by atoms with Crippen molar-refractivity contribution in [1.82, 2.24) is 14.7 Å². The van der Waals surface area contributed by atoms with Crippen LogP contribution in [0.1, 0.15) is 21.6 Å². The zero-order valence-corrected chi connectivity index (χ0v) is 15.5. The summed E-state index contributed by atoms with van der Waals surface area (Å²) in [5.74, 6) is -0.753. The molecule has 0 fully saturated rings. The van der Waals surface area contributed by atoms with Gasteiger partial charge in [0.2, 0.25) is 0 Å². The van der Waals surface area contributed by atoms with Crippen molar-refractivity contribution in [1.29, 1.82) is 0 Å². The summed E-state index contributed by atoms with van der Waals surface area (Å²) in [6.45, 7) is 0.222. The lowest BCUT2D eigenvalue weighted by molar-refractivity contribution is -0.137. The summed E-state index contributed by atoms with van der Waals surface area (Å²) in [6, 6.07) is 10.8. The Bertz CT molecular complexity index is 1150. The maximum atomic E-state index is 12.9. The van der Waals surface area contributed by atoms with E-state index in [0.717, 1.165) is 17.7 Å². The lowest BCUT2D eigenvalue weighted by Gasteiger charge is -2.07. The van der Waals surface area contributed by atoms with E-state index in [1.165, 1.54) is 35.7 Å². The number of hydrogen-bond acceptors (Lipinski definition) is 3. The van der Waals surface area contributed by atoms with Crippen LogP contribution in [0.25, 0.3) is 15.4 Å². The number of amides is 1. The van der Waals surface area contributed by atoms with E-state index in [1.807, 2.05) is 0 Å². The average Bonchev–Trinajstić information content (AvgIpc) is 3.26. The minimum atomic E-state index is -4.41. The fourth-order valence-electron chi connectivity index (χ4n) is 2.76. The molecule has 0 aliphatic carbocycles. The molecule has 29 heavy (non-hydrogen) atoms. The normalized spacial score (nSPS) is 11.7. The summed E-state index contributed by atoms with van der Waals surface area (Å²) < 4.78 is 53.2. The molecular formula is C20H13F4N3OS. The smallest absolute Gasteiger partial charge is 0.347 e. The van der Waals surface area contributed by atoms with E-state index in [2.05, 4.69) is 10.3 Å². The van der Waals surface area contributed by atoms with Gasteiger partial charge in [0.15, 0.2) is 4.96 Å². The molecule has 0 aliphatic rings. The van der Waals surface area contributed by atoms with Gasteiger partial charge >= 0.3 is 6.18 Å². The van der Waals surface area contributed by atoms with Crippen molar-refractivity contribution in [3.63, 3.8) is 0 Å². The first-order valence-electron chi connectivity index (χ1n) is 8.48. The summed E-state index contributed by atoms with van der Waals surface area (Å²) in [4.78, 5) is 17.6. The average molecular weight is 419 g/mol. The Balaban J connectivity index is 1.51. The first-order chi connectivity index (χ1) is 13.8. The number of imidazole rings is 1. The standard InChI is InChI=1S/C20H13F4N3OS/c21-15-6-4-12(5-7-15)9-25-18(28)16-10-27-11-17(29-19(27)26-16)13-2-1-3-14(8-13)20(22,23)24/h1-8,10-11H,9H2,(H,25,28). The highest BCUT2D eigenvalue weighted by molar-refractivity contribution is 7.20. The van der Waals surface area contributed by atoms with E-state index in [4.69, 9.17) is 0 Å². The summed E-state index contributed by atoms with van der Waals surface area (Å²) in [6.07, 6.45) is -1.26. The van der Waals surface area contributed by atoms with E-state index in [-0.39, 0.29) is 18.1 Å². The molecular weight excluding hydrogens is 406 g/mol. The van der Waals surface area contributed by atoms with Crippen LogP contribution in [0.15, 0.2) is 60.9 Å². The quantitative estimate of drug-likeness (QED) is 0.465. The van der Waals surface area contributed by atoms with Gasteiger partial charge in [0, 0.05) is 18.9 Å². The van der Waals surface area contributed by atoms with Crippen LogP contribution in [0, 0.1) is 5.82 Å². The number of benzene rings is 2. The molecule has 0 spiro atoms. The van der Waals surface area contributed by atoms with Crippen molar-refractivity contribution >= 4 is 22.2 Å². The molecule has 2 aromatic heterocycles. The number of nitrogens with zero attached hydrogens (tertiary/aromatic N) is 2. The first-order valence-corrected chi connectivity index (χ1v) is 9.30. The van der Waals surface area contributed by atoms with Gasteiger partial charge in [-0.25, -0.2) is 9.37 Å². The molecule has 0 aliphatic heterocycles. The molecule has 2 heterocycles. The highest BCUT2D eigenvalue weighted by Crippen LogP contribution is 2.34. The van der Waals surface area contributed by atoms with Crippen LogP contribution in [-0.4, -0.2) is 15.3 Å². The summed E-state index contributed by atoms with van der Waals surface area (Å²) in [5, 5.41) is 2.70. The fourth-order valence-corrected chi connectivity index (χ4v) is 3.73. The van der Waals surface area contributed by atoms with Gasteiger partial charge in [-0.2, -0.15) is 13.2 Å². The number of aromatic nitrogens is 2. The van der Waals surface area contributed by atoms with Crippen molar-refractivity contribution in [2.45, 2.75) is 12.7 Å². The summed E-state index contributed by atoms with van der Waals surface area (Å²) in [5.41, 5.74) is 0.640. The van der Waals surface area contributed by atoms with Crippen LogP contribution in [0.3, 0.4) is 0 Å². The first kappa shape index (κ1) is 19.1. The molecule has 4 aromatic rings. The van der Waals surface area contributed by atoms with Crippen molar-refractivity contribution in [3.8, 4) is 10.4 Å². The lowest BCUT2D eigenvalue weighted by Crippen LogP contribution is -2.23. The van der Waals surface area contributed by atoms with Gasteiger partial charge in [0.05, 0.1) is 10.4 Å². The number of fused-ring (bicyclic) bond motifs is 1. The van der Waals surface area contributed by atoms with E-state index >= 15 is 0 Å². The highest BCUT2D eigenvalue weighted by atomic mass is 32.1. The molecule has 0 bridgehead atoms. The van der Waals surface area contributed by atoms with Crippen LogP contribution >= 0.6 is 11.3 Å².